The summed E-state index contributed by atoms with van der Waals surface area (Å²) in [5.41, 5.74) is 10.2. The Morgan fingerprint density at radius 3 is 1.75 bits per heavy atom. The Labute approximate surface area is 144 Å². The Kier molecular flexibility index (Phi) is 4.44. The normalized spacial score (nSPS) is 25.8. The van der Waals surface area contributed by atoms with Crippen LogP contribution in [0.5, 0.6) is 0 Å². The molecule has 2 nitrogen and oxygen atoms in total. The highest BCUT2D eigenvalue weighted by molar-refractivity contribution is 5.49. The van der Waals surface area contributed by atoms with E-state index in [4.69, 9.17) is 10.5 Å². The minimum atomic E-state index is -0.535. The minimum Gasteiger partial charge on any atom is -0.365 e. The summed E-state index contributed by atoms with van der Waals surface area (Å²) in [6.07, 6.45) is 8.69. The van der Waals surface area contributed by atoms with Crippen molar-refractivity contribution in [3.8, 4) is 0 Å². The van der Waals surface area contributed by atoms with Crippen molar-refractivity contribution in [1.29, 1.82) is 0 Å². The number of ether oxygens (including phenoxy) is 1. The number of hydrogen-bond donors (Lipinski definition) is 1. The van der Waals surface area contributed by atoms with E-state index in [-0.39, 0.29) is 5.41 Å². The lowest BCUT2D eigenvalue weighted by atomic mass is 9.72. The van der Waals surface area contributed by atoms with Crippen LogP contribution in [0.4, 0.5) is 0 Å². The van der Waals surface area contributed by atoms with Crippen molar-refractivity contribution < 1.29 is 4.74 Å². The minimum absolute atomic E-state index is 0.282. The number of hydrogen-bond acceptors (Lipinski definition) is 2. The molecule has 0 saturated heterocycles. The van der Waals surface area contributed by atoms with Crippen LogP contribution >= 0.6 is 0 Å². The molecular weight excluding hydrogens is 294 g/mol. The third-order valence-electron chi connectivity index (χ3n) is 5.14. The van der Waals surface area contributed by atoms with Gasteiger partial charge in [-0.25, -0.2) is 0 Å². The Bertz CT molecular complexity index is 709. The van der Waals surface area contributed by atoms with E-state index in [0.717, 1.165) is 5.56 Å². The molecular formula is C22H25NO. The zero-order valence-corrected chi connectivity index (χ0v) is 14.6. The summed E-state index contributed by atoms with van der Waals surface area (Å²) in [5.74, 6) is 0. The molecule has 3 rings (SSSR count). The van der Waals surface area contributed by atoms with Gasteiger partial charge >= 0.3 is 0 Å². The Balaban J connectivity index is 2.08. The van der Waals surface area contributed by atoms with Crippen molar-refractivity contribution in [2.24, 2.45) is 5.73 Å². The van der Waals surface area contributed by atoms with Gasteiger partial charge in [-0.15, -0.1) is 0 Å². The largest absolute Gasteiger partial charge is 0.365 e. The van der Waals surface area contributed by atoms with Crippen LogP contribution in [0.15, 0.2) is 72.8 Å². The van der Waals surface area contributed by atoms with Crippen molar-refractivity contribution in [3.05, 3.63) is 95.1 Å². The molecule has 124 valence electrons. The summed E-state index contributed by atoms with van der Waals surface area (Å²) in [7, 11) is 1.75. The molecule has 0 saturated carbocycles. The van der Waals surface area contributed by atoms with E-state index in [1.807, 2.05) is 0 Å². The van der Waals surface area contributed by atoms with E-state index in [1.54, 1.807) is 7.11 Å². The summed E-state index contributed by atoms with van der Waals surface area (Å²) >= 11 is 0. The first-order chi connectivity index (χ1) is 11.6. The third-order valence-corrected chi connectivity index (χ3v) is 5.14. The van der Waals surface area contributed by atoms with Gasteiger partial charge < -0.3 is 10.5 Å². The van der Waals surface area contributed by atoms with Gasteiger partial charge in [-0.05, 0) is 48.3 Å². The van der Waals surface area contributed by atoms with Gasteiger partial charge in [-0.1, -0.05) is 60.7 Å². The summed E-state index contributed by atoms with van der Waals surface area (Å²) in [5, 5.41) is 0. The Hall–Kier alpha value is -2.16. The van der Waals surface area contributed by atoms with E-state index in [0.29, 0.717) is 6.54 Å². The van der Waals surface area contributed by atoms with Crippen molar-refractivity contribution in [3.63, 3.8) is 0 Å². The molecule has 2 N–H and O–H groups in total. The maximum absolute atomic E-state index is 6.19. The van der Waals surface area contributed by atoms with Crippen LogP contribution in [0.25, 0.3) is 0 Å². The molecule has 0 unspecified atom stereocenters. The summed E-state index contributed by atoms with van der Waals surface area (Å²) in [6.45, 7) is 4.77. The number of aryl methyl sites for hydroxylation is 2. The van der Waals surface area contributed by atoms with Crippen LogP contribution in [0.2, 0.25) is 0 Å². The number of nitrogens with two attached hydrogens (primary N) is 1. The van der Waals surface area contributed by atoms with Gasteiger partial charge in [0.05, 0.1) is 0 Å². The number of rotatable bonds is 4. The van der Waals surface area contributed by atoms with Gasteiger partial charge in [0.2, 0.25) is 0 Å². The fourth-order valence-electron chi connectivity index (χ4n) is 3.61. The van der Waals surface area contributed by atoms with Crippen molar-refractivity contribution >= 4 is 0 Å². The van der Waals surface area contributed by atoms with Crippen LogP contribution in [0.1, 0.15) is 22.3 Å². The fourth-order valence-corrected chi connectivity index (χ4v) is 3.61. The molecule has 24 heavy (non-hydrogen) atoms. The monoisotopic (exact) mass is 319 g/mol. The molecule has 0 atom stereocenters. The number of benzene rings is 2. The van der Waals surface area contributed by atoms with Gasteiger partial charge in [-0.3, -0.25) is 0 Å². The van der Waals surface area contributed by atoms with Crippen molar-refractivity contribution in [1.82, 2.24) is 0 Å². The van der Waals surface area contributed by atoms with Crippen molar-refractivity contribution in [2.75, 3.05) is 13.7 Å². The molecule has 2 aromatic rings. The van der Waals surface area contributed by atoms with Crippen LogP contribution in [0.3, 0.4) is 0 Å². The highest BCUT2D eigenvalue weighted by atomic mass is 16.5. The summed E-state index contributed by atoms with van der Waals surface area (Å²) < 4.78 is 5.94. The average Bonchev–Trinajstić information content (AvgIpc) is 2.63. The molecule has 0 aromatic heterocycles. The van der Waals surface area contributed by atoms with E-state index in [9.17, 15) is 0 Å². The quantitative estimate of drug-likeness (QED) is 0.859. The average molecular weight is 319 g/mol. The van der Waals surface area contributed by atoms with Gasteiger partial charge in [-0.2, -0.15) is 0 Å². The molecule has 1 aliphatic carbocycles. The SMILES string of the molecule is COC1(c2ccccc2C)C=CC(CN)(c2ccccc2C)C=C1. The summed E-state index contributed by atoms with van der Waals surface area (Å²) in [4.78, 5) is 0. The smallest absolute Gasteiger partial charge is 0.129 e. The van der Waals surface area contributed by atoms with Crippen LogP contribution in [-0.4, -0.2) is 13.7 Å². The molecule has 0 radical (unpaired) electrons. The second-order valence-corrected chi connectivity index (χ2v) is 6.54. The topological polar surface area (TPSA) is 35.2 Å². The lowest BCUT2D eigenvalue weighted by Gasteiger charge is -2.37. The predicted molar refractivity (Wildman–Crippen MR) is 100 cm³/mol. The molecule has 2 aromatic carbocycles. The first-order valence-corrected chi connectivity index (χ1v) is 8.35. The Morgan fingerprint density at radius 2 is 1.29 bits per heavy atom. The molecule has 0 aliphatic heterocycles. The van der Waals surface area contributed by atoms with Gasteiger partial charge in [0.15, 0.2) is 0 Å². The second-order valence-electron chi connectivity index (χ2n) is 6.54. The van der Waals surface area contributed by atoms with Crippen molar-refractivity contribution in [2.45, 2.75) is 24.9 Å². The fraction of sp³-hybridized carbons (Fsp3) is 0.273. The van der Waals surface area contributed by atoms with E-state index in [2.05, 4.69) is 86.7 Å². The molecule has 0 spiro atoms. The van der Waals surface area contributed by atoms with E-state index < -0.39 is 5.60 Å². The van der Waals surface area contributed by atoms with E-state index >= 15 is 0 Å². The van der Waals surface area contributed by atoms with Crippen LogP contribution in [-0.2, 0) is 15.8 Å². The third kappa shape index (κ3) is 2.62. The van der Waals surface area contributed by atoms with Gasteiger partial charge in [0.1, 0.15) is 5.60 Å². The highest BCUT2D eigenvalue weighted by Gasteiger charge is 2.36. The number of methoxy groups -OCH3 is 1. The van der Waals surface area contributed by atoms with Gasteiger partial charge in [0.25, 0.3) is 0 Å². The van der Waals surface area contributed by atoms with Crippen LogP contribution in [0, 0.1) is 13.8 Å². The molecule has 0 fully saturated rings. The zero-order chi connectivity index (χ0) is 17.2. The molecule has 0 heterocycles. The zero-order valence-electron chi connectivity index (χ0n) is 14.6. The van der Waals surface area contributed by atoms with E-state index in [1.165, 1.54) is 16.7 Å². The molecule has 0 amide bonds. The molecule has 0 bridgehead atoms. The van der Waals surface area contributed by atoms with Crippen LogP contribution < -0.4 is 5.73 Å². The maximum atomic E-state index is 6.19. The van der Waals surface area contributed by atoms with Gasteiger partial charge in [0, 0.05) is 19.1 Å². The molecule has 2 heteroatoms. The highest BCUT2D eigenvalue weighted by Crippen LogP contribution is 2.40. The predicted octanol–water partition coefficient (Wildman–Crippen LogP) is 4.17. The standard InChI is InChI=1S/C22H25NO/c1-17-8-4-6-10-19(17)21(16-23)12-14-22(24-3,15-13-21)20-11-7-5-9-18(20)2/h4-15H,16,23H2,1-3H3. The Morgan fingerprint density at radius 1 is 0.792 bits per heavy atom. The maximum Gasteiger partial charge on any atom is 0.129 e. The second kappa shape index (κ2) is 6.39. The first kappa shape index (κ1) is 16.7. The lowest BCUT2D eigenvalue weighted by Crippen LogP contribution is -2.37. The lowest BCUT2D eigenvalue weighted by molar-refractivity contribution is 0.0692. The molecule has 1 aliphatic rings. The summed E-state index contributed by atoms with van der Waals surface area (Å²) in [6, 6.07) is 16.8. The first-order valence-electron chi connectivity index (χ1n) is 8.35.